The van der Waals surface area contributed by atoms with Crippen LogP contribution in [0.25, 0.3) is 0 Å². The first kappa shape index (κ1) is 15.5. The zero-order chi connectivity index (χ0) is 15.5. The van der Waals surface area contributed by atoms with Crippen molar-refractivity contribution in [1.29, 1.82) is 0 Å². The molecule has 2 fully saturated rings. The Morgan fingerprint density at radius 1 is 1.41 bits per heavy atom. The van der Waals surface area contributed by atoms with Crippen molar-refractivity contribution >= 4 is 28.3 Å². The van der Waals surface area contributed by atoms with Gasteiger partial charge in [-0.25, -0.2) is 4.98 Å². The molecular formula is C16H22N2O3S. The second kappa shape index (κ2) is 6.77. The number of thiazole rings is 1. The lowest BCUT2D eigenvalue weighted by molar-refractivity contribution is -0.142. The summed E-state index contributed by atoms with van der Waals surface area (Å²) in [6, 6.07) is 0. The Kier molecular flexibility index (Phi) is 4.76. The fourth-order valence-corrected chi connectivity index (χ4v) is 4.57. The summed E-state index contributed by atoms with van der Waals surface area (Å²) >= 11 is 1.36. The van der Waals surface area contributed by atoms with Crippen LogP contribution in [-0.4, -0.2) is 23.5 Å². The molecule has 1 N–H and O–H groups in total. The van der Waals surface area contributed by atoms with Gasteiger partial charge in [-0.15, -0.1) is 11.3 Å². The molecule has 0 saturated heterocycles. The van der Waals surface area contributed by atoms with E-state index >= 15 is 0 Å². The summed E-state index contributed by atoms with van der Waals surface area (Å²) in [4.78, 5) is 27.8. The van der Waals surface area contributed by atoms with Gasteiger partial charge in [0.15, 0.2) is 5.13 Å². The van der Waals surface area contributed by atoms with Crippen LogP contribution in [0.2, 0.25) is 0 Å². The highest BCUT2D eigenvalue weighted by Gasteiger charge is 2.40. The van der Waals surface area contributed by atoms with Gasteiger partial charge in [-0.2, -0.15) is 0 Å². The topological polar surface area (TPSA) is 68.3 Å². The number of fused-ring (bicyclic) bond motifs is 2. The van der Waals surface area contributed by atoms with E-state index in [9.17, 15) is 9.59 Å². The van der Waals surface area contributed by atoms with Gasteiger partial charge < -0.3 is 10.1 Å². The molecule has 2 saturated carbocycles. The van der Waals surface area contributed by atoms with Crippen molar-refractivity contribution in [1.82, 2.24) is 4.98 Å². The van der Waals surface area contributed by atoms with Crippen molar-refractivity contribution in [2.45, 2.75) is 45.4 Å². The molecule has 1 aromatic rings. The van der Waals surface area contributed by atoms with Crippen LogP contribution in [0.3, 0.4) is 0 Å². The van der Waals surface area contributed by atoms with E-state index in [1.807, 2.05) is 0 Å². The molecule has 120 valence electrons. The number of carbonyl (C=O) groups is 2. The molecule has 3 atom stereocenters. The zero-order valence-electron chi connectivity index (χ0n) is 12.8. The molecule has 3 rings (SSSR count). The van der Waals surface area contributed by atoms with Crippen molar-refractivity contribution in [3.63, 3.8) is 0 Å². The van der Waals surface area contributed by atoms with Gasteiger partial charge in [0.1, 0.15) is 0 Å². The second-order valence-electron chi connectivity index (χ2n) is 6.31. The molecule has 0 aliphatic heterocycles. The molecule has 2 bridgehead atoms. The van der Waals surface area contributed by atoms with E-state index in [4.69, 9.17) is 4.74 Å². The Balaban J connectivity index is 1.47. The van der Waals surface area contributed by atoms with E-state index < -0.39 is 0 Å². The van der Waals surface area contributed by atoms with Crippen molar-refractivity contribution in [2.75, 3.05) is 11.9 Å². The highest BCUT2D eigenvalue weighted by Crippen LogP contribution is 2.49. The molecule has 0 aromatic carbocycles. The van der Waals surface area contributed by atoms with Gasteiger partial charge in [-0.1, -0.05) is 6.42 Å². The van der Waals surface area contributed by atoms with E-state index in [1.165, 1.54) is 37.0 Å². The molecule has 6 heteroatoms. The number of ether oxygens (including phenoxy) is 1. The van der Waals surface area contributed by atoms with Gasteiger partial charge in [0.05, 0.1) is 18.7 Å². The number of nitrogens with zero attached hydrogens (tertiary/aromatic N) is 1. The largest absolute Gasteiger partial charge is 0.466 e. The molecule has 1 amide bonds. The molecule has 0 radical (unpaired) electrons. The number of aromatic nitrogens is 1. The number of esters is 1. The Morgan fingerprint density at radius 2 is 2.27 bits per heavy atom. The standard InChI is InChI=1S/C16H22N2O3S/c1-2-21-15(20)8-13-9-22-16(17-13)18-14(19)7-12-6-10-3-4-11(12)5-10/h9-12H,2-8H2,1H3,(H,17,18,19). The highest BCUT2D eigenvalue weighted by molar-refractivity contribution is 7.13. The molecule has 1 heterocycles. The summed E-state index contributed by atoms with van der Waals surface area (Å²) in [6.45, 7) is 2.15. The van der Waals surface area contributed by atoms with Crippen LogP contribution in [0.15, 0.2) is 5.38 Å². The molecule has 3 unspecified atom stereocenters. The van der Waals surface area contributed by atoms with Crippen LogP contribution in [0.4, 0.5) is 5.13 Å². The maximum atomic E-state index is 12.1. The van der Waals surface area contributed by atoms with Crippen molar-refractivity contribution in [3.8, 4) is 0 Å². The average molecular weight is 322 g/mol. The van der Waals surface area contributed by atoms with Crippen LogP contribution in [-0.2, 0) is 20.7 Å². The zero-order valence-corrected chi connectivity index (χ0v) is 13.7. The fraction of sp³-hybridized carbons (Fsp3) is 0.688. The van der Waals surface area contributed by atoms with Crippen molar-refractivity contribution in [3.05, 3.63) is 11.1 Å². The first-order chi connectivity index (χ1) is 10.6. The van der Waals surface area contributed by atoms with Gasteiger partial charge in [-0.05, 0) is 43.9 Å². The molecule has 1 aromatic heterocycles. The number of anilines is 1. The molecule has 5 nitrogen and oxygen atoms in total. The number of hydrogen-bond acceptors (Lipinski definition) is 5. The maximum absolute atomic E-state index is 12.1. The first-order valence-electron chi connectivity index (χ1n) is 8.04. The SMILES string of the molecule is CCOC(=O)Cc1csc(NC(=O)CC2CC3CCC2C3)n1. The Hall–Kier alpha value is -1.43. The van der Waals surface area contributed by atoms with Gasteiger partial charge in [0.25, 0.3) is 0 Å². The van der Waals surface area contributed by atoms with Gasteiger partial charge in [0.2, 0.25) is 5.91 Å². The number of carbonyl (C=O) groups excluding carboxylic acids is 2. The van der Waals surface area contributed by atoms with Crippen LogP contribution in [0, 0.1) is 17.8 Å². The number of hydrogen-bond donors (Lipinski definition) is 1. The second-order valence-corrected chi connectivity index (χ2v) is 7.17. The predicted octanol–water partition coefficient (Wildman–Crippen LogP) is 3.01. The van der Waals surface area contributed by atoms with E-state index in [-0.39, 0.29) is 18.3 Å². The number of nitrogens with one attached hydrogen (secondary N) is 1. The van der Waals surface area contributed by atoms with E-state index in [0.29, 0.717) is 29.8 Å². The van der Waals surface area contributed by atoms with Gasteiger partial charge in [-0.3, -0.25) is 9.59 Å². The van der Waals surface area contributed by atoms with Crippen LogP contribution >= 0.6 is 11.3 Å². The minimum absolute atomic E-state index is 0.0505. The minimum Gasteiger partial charge on any atom is -0.466 e. The highest BCUT2D eigenvalue weighted by atomic mass is 32.1. The molecular weight excluding hydrogens is 300 g/mol. The maximum Gasteiger partial charge on any atom is 0.311 e. The lowest BCUT2D eigenvalue weighted by Gasteiger charge is -2.20. The molecule has 22 heavy (non-hydrogen) atoms. The third-order valence-electron chi connectivity index (χ3n) is 4.76. The summed E-state index contributed by atoms with van der Waals surface area (Å²) in [5.74, 6) is 1.94. The molecule has 0 spiro atoms. The third-order valence-corrected chi connectivity index (χ3v) is 5.57. The Labute approximate surface area is 134 Å². The van der Waals surface area contributed by atoms with Gasteiger partial charge in [0, 0.05) is 11.8 Å². The normalized spacial score (nSPS) is 26.1. The molecule has 2 aliphatic rings. The summed E-state index contributed by atoms with van der Waals surface area (Å²) in [5, 5.41) is 5.24. The monoisotopic (exact) mass is 322 g/mol. The summed E-state index contributed by atoms with van der Waals surface area (Å²) < 4.78 is 4.89. The lowest BCUT2D eigenvalue weighted by atomic mass is 9.86. The quantitative estimate of drug-likeness (QED) is 0.818. The summed E-state index contributed by atoms with van der Waals surface area (Å²) in [6.07, 6.45) is 5.94. The smallest absolute Gasteiger partial charge is 0.311 e. The van der Waals surface area contributed by atoms with Gasteiger partial charge >= 0.3 is 5.97 Å². The average Bonchev–Trinajstić information content (AvgIpc) is 3.16. The van der Waals surface area contributed by atoms with E-state index in [1.54, 1.807) is 12.3 Å². The predicted molar refractivity (Wildman–Crippen MR) is 84.6 cm³/mol. The van der Waals surface area contributed by atoms with Crippen LogP contribution in [0.5, 0.6) is 0 Å². The third kappa shape index (κ3) is 3.66. The van der Waals surface area contributed by atoms with Crippen molar-refractivity contribution < 1.29 is 14.3 Å². The summed E-state index contributed by atoms with van der Waals surface area (Å²) in [7, 11) is 0. The van der Waals surface area contributed by atoms with E-state index in [2.05, 4.69) is 10.3 Å². The lowest BCUT2D eigenvalue weighted by Crippen LogP contribution is -2.20. The fourth-order valence-electron chi connectivity index (χ4n) is 3.84. The first-order valence-corrected chi connectivity index (χ1v) is 8.92. The Bertz CT molecular complexity index is 557. The summed E-state index contributed by atoms with van der Waals surface area (Å²) in [5.41, 5.74) is 0.652. The van der Waals surface area contributed by atoms with Crippen LogP contribution in [0.1, 0.15) is 44.7 Å². The van der Waals surface area contributed by atoms with Crippen molar-refractivity contribution in [2.24, 2.45) is 17.8 Å². The van der Waals surface area contributed by atoms with Crippen LogP contribution < -0.4 is 5.32 Å². The number of amides is 1. The van der Waals surface area contributed by atoms with E-state index in [0.717, 1.165) is 11.8 Å². The number of rotatable bonds is 6. The Morgan fingerprint density at radius 3 is 2.95 bits per heavy atom. The minimum atomic E-state index is -0.285. The molecule has 2 aliphatic carbocycles.